The van der Waals surface area contributed by atoms with Gasteiger partial charge in [0.15, 0.2) is 0 Å². The predicted octanol–water partition coefficient (Wildman–Crippen LogP) is 0.130. The first-order valence-corrected chi connectivity index (χ1v) is 6.54. The van der Waals surface area contributed by atoms with E-state index in [1.165, 1.54) is 19.3 Å². The molecule has 4 heteroatoms. The maximum atomic E-state index is 5.82. The Balaban J connectivity index is 1.79. The van der Waals surface area contributed by atoms with Gasteiger partial charge >= 0.3 is 0 Å². The van der Waals surface area contributed by atoms with E-state index in [1.54, 1.807) is 0 Å². The van der Waals surface area contributed by atoms with Crippen LogP contribution in [-0.2, 0) is 4.74 Å². The summed E-state index contributed by atoms with van der Waals surface area (Å²) in [7, 11) is 2.17. The first kappa shape index (κ1) is 12.3. The van der Waals surface area contributed by atoms with E-state index in [4.69, 9.17) is 10.5 Å². The highest BCUT2D eigenvalue weighted by atomic mass is 16.5. The Bertz CT molecular complexity index is 208. The zero-order chi connectivity index (χ0) is 11.4. The minimum atomic E-state index is 0.380. The smallest absolute Gasteiger partial charge is 0.0829 e. The Morgan fingerprint density at radius 2 is 2.25 bits per heavy atom. The lowest BCUT2D eigenvalue weighted by Crippen LogP contribution is -2.51. The molecule has 1 aliphatic heterocycles. The van der Waals surface area contributed by atoms with Gasteiger partial charge in [-0.25, -0.2) is 0 Å². The third-order valence-electron chi connectivity index (χ3n) is 3.79. The minimum Gasteiger partial charge on any atom is -0.374 e. The number of hydrogen-bond acceptors (Lipinski definition) is 4. The molecule has 2 rings (SSSR count). The molecular weight excluding hydrogens is 202 g/mol. The molecule has 2 N–H and O–H groups in total. The standard InChI is InChI=1S/C12H25N3O/c1-14-7-8-16-12(9-14)10-15(6-5-13)11-3-2-4-11/h11-12H,2-10,13H2,1H3. The minimum absolute atomic E-state index is 0.380. The van der Waals surface area contributed by atoms with Gasteiger partial charge in [-0.3, -0.25) is 4.90 Å². The topological polar surface area (TPSA) is 41.7 Å². The van der Waals surface area contributed by atoms with Gasteiger partial charge in [0.05, 0.1) is 12.7 Å². The van der Waals surface area contributed by atoms with Gasteiger partial charge in [-0.2, -0.15) is 0 Å². The fourth-order valence-electron chi connectivity index (χ4n) is 2.58. The van der Waals surface area contributed by atoms with Crippen LogP contribution in [0.25, 0.3) is 0 Å². The summed E-state index contributed by atoms with van der Waals surface area (Å²) in [6.07, 6.45) is 4.47. The van der Waals surface area contributed by atoms with Crippen LogP contribution in [0, 0.1) is 0 Å². The quantitative estimate of drug-likeness (QED) is 0.725. The summed E-state index contributed by atoms with van der Waals surface area (Å²) < 4.78 is 5.82. The van der Waals surface area contributed by atoms with Crippen LogP contribution < -0.4 is 5.73 Å². The number of nitrogens with zero attached hydrogens (tertiary/aromatic N) is 2. The molecule has 0 spiro atoms. The molecule has 0 amide bonds. The van der Waals surface area contributed by atoms with Gasteiger partial charge in [0.25, 0.3) is 0 Å². The number of morpholine rings is 1. The van der Waals surface area contributed by atoms with Crippen molar-refractivity contribution in [2.75, 3.05) is 46.4 Å². The summed E-state index contributed by atoms with van der Waals surface area (Å²) in [5.74, 6) is 0. The largest absolute Gasteiger partial charge is 0.374 e. The second kappa shape index (κ2) is 5.96. The average molecular weight is 227 g/mol. The summed E-state index contributed by atoms with van der Waals surface area (Å²) >= 11 is 0. The summed E-state index contributed by atoms with van der Waals surface area (Å²) in [6.45, 7) is 5.85. The van der Waals surface area contributed by atoms with E-state index in [-0.39, 0.29) is 0 Å². The monoisotopic (exact) mass is 227 g/mol. The van der Waals surface area contributed by atoms with E-state index < -0.39 is 0 Å². The van der Waals surface area contributed by atoms with Crippen LogP contribution in [0.2, 0.25) is 0 Å². The molecule has 1 saturated carbocycles. The summed E-state index contributed by atoms with van der Waals surface area (Å²) in [6, 6.07) is 0.777. The van der Waals surface area contributed by atoms with Crippen LogP contribution in [0.1, 0.15) is 19.3 Å². The van der Waals surface area contributed by atoms with E-state index in [0.29, 0.717) is 6.10 Å². The molecule has 2 aliphatic rings. The van der Waals surface area contributed by atoms with Gasteiger partial charge in [-0.15, -0.1) is 0 Å². The molecule has 0 aromatic carbocycles. The SMILES string of the molecule is CN1CCOC(CN(CCN)C2CCC2)C1. The van der Waals surface area contributed by atoms with Crippen molar-refractivity contribution in [3.05, 3.63) is 0 Å². The highest BCUT2D eigenvalue weighted by Crippen LogP contribution is 2.25. The highest BCUT2D eigenvalue weighted by molar-refractivity contribution is 4.83. The number of nitrogens with two attached hydrogens (primary N) is 1. The summed E-state index contributed by atoms with van der Waals surface area (Å²) in [4.78, 5) is 4.89. The lowest BCUT2D eigenvalue weighted by molar-refractivity contribution is -0.0462. The van der Waals surface area contributed by atoms with Gasteiger partial charge in [0.1, 0.15) is 0 Å². The van der Waals surface area contributed by atoms with E-state index in [0.717, 1.165) is 45.4 Å². The molecule has 1 saturated heterocycles. The average Bonchev–Trinajstić information content (AvgIpc) is 2.15. The van der Waals surface area contributed by atoms with Crippen LogP contribution in [0.5, 0.6) is 0 Å². The van der Waals surface area contributed by atoms with Crippen molar-refractivity contribution < 1.29 is 4.74 Å². The molecule has 0 bridgehead atoms. The van der Waals surface area contributed by atoms with Crippen LogP contribution in [0.4, 0.5) is 0 Å². The normalized spacial score (nSPS) is 28.3. The third-order valence-corrected chi connectivity index (χ3v) is 3.79. The number of likely N-dealkylation sites (N-methyl/N-ethyl adjacent to an activating group) is 1. The van der Waals surface area contributed by atoms with Crippen molar-refractivity contribution in [3.63, 3.8) is 0 Å². The Labute approximate surface area is 98.7 Å². The molecule has 4 nitrogen and oxygen atoms in total. The van der Waals surface area contributed by atoms with Gasteiger partial charge in [-0.05, 0) is 19.9 Å². The second-order valence-electron chi connectivity index (χ2n) is 5.12. The Hall–Kier alpha value is -0.160. The molecular formula is C12H25N3O. The molecule has 0 aromatic heterocycles. The zero-order valence-corrected chi connectivity index (χ0v) is 10.4. The molecule has 1 atom stereocenters. The molecule has 1 unspecified atom stereocenters. The molecule has 0 radical (unpaired) electrons. The number of rotatable bonds is 5. The predicted molar refractivity (Wildman–Crippen MR) is 65.5 cm³/mol. The fourth-order valence-corrected chi connectivity index (χ4v) is 2.58. The summed E-state index contributed by atoms with van der Waals surface area (Å²) in [5, 5.41) is 0. The molecule has 1 heterocycles. The van der Waals surface area contributed by atoms with Crippen molar-refractivity contribution >= 4 is 0 Å². The van der Waals surface area contributed by atoms with Gasteiger partial charge in [-0.1, -0.05) is 6.42 Å². The lowest BCUT2D eigenvalue weighted by atomic mass is 9.91. The highest BCUT2D eigenvalue weighted by Gasteiger charge is 2.28. The molecule has 94 valence electrons. The third kappa shape index (κ3) is 3.17. The Morgan fingerprint density at radius 1 is 1.44 bits per heavy atom. The summed E-state index contributed by atoms with van der Waals surface area (Å²) in [5.41, 5.74) is 5.69. The van der Waals surface area contributed by atoms with Crippen molar-refractivity contribution in [1.82, 2.24) is 9.80 Å². The Kier molecular flexibility index (Phi) is 4.58. The van der Waals surface area contributed by atoms with E-state index >= 15 is 0 Å². The lowest BCUT2D eigenvalue weighted by Gasteiger charge is -2.41. The molecule has 2 fully saturated rings. The van der Waals surface area contributed by atoms with Gasteiger partial charge in [0, 0.05) is 38.8 Å². The van der Waals surface area contributed by atoms with Crippen molar-refractivity contribution in [2.24, 2.45) is 5.73 Å². The van der Waals surface area contributed by atoms with Crippen LogP contribution in [0.3, 0.4) is 0 Å². The molecule has 1 aliphatic carbocycles. The van der Waals surface area contributed by atoms with Crippen molar-refractivity contribution in [1.29, 1.82) is 0 Å². The van der Waals surface area contributed by atoms with Crippen molar-refractivity contribution in [3.8, 4) is 0 Å². The van der Waals surface area contributed by atoms with E-state index in [9.17, 15) is 0 Å². The molecule has 16 heavy (non-hydrogen) atoms. The van der Waals surface area contributed by atoms with Crippen LogP contribution in [-0.4, -0.2) is 68.3 Å². The van der Waals surface area contributed by atoms with Crippen molar-refractivity contribution in [2.45, 2.75) is 31.4 Å². The number of ether oxygens (including phenoxy) is 1. The van der Waals surface area contributed by atoms with E-state index in [1.807, 2.05) is 0 Å². The Morgan fingerprint density at radius 3 is 2.81 bits per heavy atom. The van der Waals surface area contributed by atoms with E-state index in [2.05, 4.69) is 16.8 Å². The number of hydrogen-bond donors (Lipinski definition) is 1. The fraction of sp³-hybridized carbons (Fsp3) is 1.00. The van der Waals surface area contributed by atoms with Gasteiger partial charge in [0.2, 0.25) is 0 Å². The first-order chi connectivity index (χ1) is 7.79. The van der Waals surface area contributed by atoms with Crippen LogP contribution >= 0.6 is 0 Å². The zero-order valence-electron chi connectivity index (χ0n) is 10.4. The maximum absolute atomic E-state index is 5.82. The second-order valence-corrected chi connectivity index (χ2v) is 5.12. The maximum Gasteiger partial charge on any atom is 0.0829 e. The first-order valence-electron chi connectivity index (χ1n) is 6.54. The molecule has 0 aromatic rings. The van der Waals surface area contributed by atoms with Gasteiger partial charge < -0.3 is 15.4 Å². The van der Waals surface area contributed by atoms with Crippen LogP contribution in [0.15, 0.2) is 0 Å².